The van der Waals surface area contributed by atoms with Crippen LogP contribution in [0.2, 0.25) is 0 Å². The van der Waals surface area contributed by atoms with E-state index in [1.54, 1.807) is 6.08 Å². The van der Waals surface area contributed by atoms with Crippen LogP contribution < -0.4 is 5.32 Å². The molecule has 89 heavy (non-hydrogen) atoms. The number of phosphoric acid groups is 1. The van der Waals surface area contributed by atoms with Gasteiger partial charge >= 0.3 is 7.82 Å². The van der Waals surface area contributed by atoms with Crippen molar-refractivity contribution in [3.8, 4) is 0 Å². The van der Waals surface area contributed by atoms with Crippen molar-refractivity contribution in [2.24, 2.45) is 0 Å². The maximum Gasteiger partial charge on any atom is 0.472 e. The second-order valence-corrected chi connectivity index (χ2v) is 28.1. The molecule has 0 saturated heterocycles. The Morgan fingerprint density at radius 1 is 0.393 bits per heavy atom. The number of hydrogen-bond acceptors (Lipinski definition) is 5. The largest absolute Gasteiger partial charge is 0.472 e. The molecule has 516 valence electrons. The molecule has 0 aliphatic heterocycles. The molecular formula is C80H146N2O6P+. The highest BCUT2D eigenvalue weighted by molar-refractivity contribution is 7.47. The Labute approximate surface area is 552 Å². The van der Waals surface area contributed by atoms with Crippen LogP contribution in [0.25, 0.3) is 0 Å². The highest BCUT2D eigenvalue weighted by Crippen LogP contribution is 2.43. The van der Waals surface area contributed by atoms with E-state index in [1.807, 2.05) is 27.2 Å². The maximum absolute atomic E-state index is 13.1. The summed E-state index contributed by atoms with van der Waals surface area (Å²) in [6.45, 7) is 4.73. The number of unbranched alkanes of at least 4 members (excludes halogenated alkanes) is 40. The maximum atomic E-state index is 13.1. The van der Waals surface area contributed by atoms with Gasteiger partial charge in [-0.15, -0.1) is 0 Å². The molecule has 0 saturated carbocycles. The smallest absolute Gasteiger partial charge is 0.387 e. The lowest BCUT2D eigenvalue weighted by atomic mass is 10.0. The van der Waals surface area contributed by atoms with Gasteiger partial charge < -0.3 is 19.8 Å². The van der Waals surface area contributed by atoms with E-state index in [1.165, 1.54) is 231 Å². The summed E-state index contributed by atoms with van der Waals surface area (Å²) in [5.74, 6) is -0.179. The van der Waals surface area contributed by atoms with Crippen molar-refractivity contribution in [2.45, 2.75) is 353 Å². The number of aliphatic hydroxyl groups is 1. The zero-order valence-electron chi connectivity index (χ0n) is 59.2. The number of quaternary nitrogens is 1. The van der Waals surface area contributed by atoms with Crippen LogP contribution in [0.1, 0.15) is 341 Å². The molecule has 0 heterocycles. The molecule has 3 atom stereocenters. The predicted octanol–water partition coefficient (Wildman–Crippen LogP) is 24.6. The molecule has 3 N–H and O–H groups in total. The molecule has 0 aromatic heterocycles. The Hall–Kier alpha value is -2.84. The second-order valence-electron chi connectivity index (χ2n) is 26.6. The third-order valence-corrected chi connectivity index (χ3v) is 17.7. The SMILES string of the molecule is CC/C=C\C/C=C\C/C=C\C/C=C\C/C=C\C/C=C\C/C=C\C/C=C\CCCCCCCCCCCCCCC(=O)NC(COP(=O)(O)OCC[N+](C)(C)C)C(O)/C=C/CCCCCCCCCCCCCCCCCCCCCCCCCCCCCC. The zero-order valence-corrected chi connectivity index (χ0v) is 60.0. The Morgan fingerprint density at radius 2 is 0.674 bits per heavy atom. The van der Waals surface area contributed by atoms with Crippen LogP contribution in [0, 0.1) is 0 Å². The van der Waals surface area contributed by atoms with E-state index in [0.29, 0.717) is 17.4 Å². The van der Waals surface area contributed by atoms with Crippen LogP contribution >= 0.6 is 7.82 Å². The van der Waals surface area contributed by atoms with Crippen LogP contribution in [-0.2, 0) is 18.4 Å². The van der Waals surface area contributed by atoms with Gasteiger partial charge in [-0.3, -0.25) is 13.8 Å². The first-order valence-electron chi connectivity index (χ1n) is 37.8. The summed E-state index contributed by atoms with van der Waals surface area (Å²) in [5, 5.41) is 14.0. The minimum Gasteiger partial charge on any atom is -0.387 e. The molecule has 0 fully saturated rings. The van der Waals surface area contributed by atoms with Crippen molar-refractivity contribution in [3.63, 3.8) is 0 Å². The van der Waals surface area contributed by atoms with E-state index in [9.17, 15) is 19.4 Å². The number of nitrogens with one attached hydrogen (secondary N) is 1. The summed E-state index contributed by atoms with van der Waals surface area (Å²) in [6.07, 6.45) is 102. The standard InChI is InChI=1S/C80H145N2O6P/c1-6-8-10-12-14-16-18-20-22-24-26-28-30-32-34-36-38-39-40-41-42-43-44-46-48-50-52-54-56-58-60-62-64-66-68-70-72-74-80(84)81-78(77-88-89(85,86)87-76-75-82(3,4)5)79(83)73-71-69-67-65-63-61-59-57-55-53-51-49-47-45-37-35-33-31-29-27-25-23-21-19-17-15-13-11-9-7-2/h8,10,14,16,20,22,26,28,32,34,38-39,41-42,44,46,71,73,78-79,83H,6-7,9,11-13,15,17-19,21,23-25,27,29-31,33,35-37,40,43,45,47-70,72,74-77H2,1-5H3,(H-,81,84,85,86)/p+1/b10-8-,16-14-,22-20-,28-26-,34-32-,39-38-,42-41-,46-44-,73-71+. The number of carbonyl (C=O) groups is 1. The number of amides is 1. The highest BCUT2D eigenvalue weighted by atomic mass is 31.2. The van der Waals surface area contributed by atoms with Gasteiger partial charge in [-0.05, 0) is 83.5 Å². The van der Waals surface area contributed by atoms with Crippen LogP contribution in [0.5, 0.6) is 0 Å². The van der Waals surface area contributed by atoms with Gasteiger partial charge in [0.25, 0.3) is 0 Å². The molecule has 0 radical (unpaired) electrons. The number of hydrogen-bond donors (Lipinski definition) is 3. The molecule has 0 aromatic carbocycles. The van der Waals surface area contributed by atoms with Crippen LogP contribution in [-0.4, -0.2) is 73.4 Å². The molecule has 3 unspecified atom stereocenters. The van der Waals surface area contributed by atoms with E-state index >= 15 is 0 Å². The molecular weight excluding hydrogens is 1120 g/mol. The average Bonchev–Trinajstić information content (AvgIpc) is 3.57. The fraction of sp³-hybridized carbons (Fsp3) is 0.762. The summed E-state index contributed by atoms with van der Waals surface area (Å²) in [4.78, 5) is 23.5. The van der Waals surface area contributed by atoms with E-state index in [2.05, 4.69) is 116 Å². The molecule has 0 aromatic rings. The Bertz CT molecular complexity index is 1820. The number of nitrogens with zero attached hydrogens (tertiary/aromatic N) is 1. The van der Waals surface area contributed by atoms with Gasteiger partial charge in [0.15, 0.2) is 0 Å². The lowest BCUT2D eigenvalue weighted by Gasteiger charge is -2.25. The summed E-state index contributed by atoms with van der Waals surface area (Å²) < 4.78 is 23.9. The molecule has 0 aliphatic rings. The van der Waals surface area contributed by atoms with Crippen molar-refractivity contribution < 1.29 is 32.9 Å². The summed E-state index contributed by atoms with van der Waals surface area (Å²) in [7, 11) is 1.57. The monoisotopic (exact) mass is 1260 g/mol. The molecule has 8 nitrogen and oxygen atoms in total. The predicted molar refractivity (Wildman–Crippen MR) is 392 cm³/mol. The van der Waals surface area contributed by atoms with Gasteiger partial charge in [0.05, 0.1) is 39.9 Å². The Kier molecular flexibility index (Phi) is 67.3. The quantitative estimate of drug-likeness (QED) is 0.0243. The van der Waals surface area contributed by atoms with Crippen LogP contribution in [0.3, 0.4) is 0 Å². The van der Waals surface area contributed by atoms with Crippen LogP contribution in [0.15, 0.2) is 109 Å². The third kappa shape index (κ3) is 72.4. The van der Waals surface area contributed by atoms with Crippen LogP contribution in [0.4, 0.5) is 0 Å². The summed E-state index contributed by atoms with van der Waals surface area (Å²) >= 11 is 0. The second kappa shape index (κ2) is 69.5. The van der Waals surface area contributed by atoms with E-state index < -0.39 is 20.0 Å². The van der Waals surface area contributed by atoms with Gasteiger partial charge in [0.2, 0.25) is 5.91 Å². The fourth-order valence-corrected chi connectivity index (χ4v) is 11.7. The molecule has 0 rings (SSSR count). The van der Waals surface area contributed by atoms with Gasteiger partial charge in [-0.2, -0.15) is 0 Å². The summed E-state index contributed by atoms with van der Waals surface area (Å²) in [5.41, 5.74) is 0. The van der Waals surface area contributed by atoms with Crippen molar-refractivity contribution in [1.29, 1.82) is 0 Å². The Balaban J connectivity index is 4.07. The first-order valence-corrected chi connectivity index (χ1v) is 39.3. The lowest BCUT2D eigenvalue weighted by Crippen LogP contribution is -2.45. The summed E-state index contributed by atoms with van der Waals surface area (Å²) in [6, 6.07) is -0.856. The number of rotatable bonds is 69. The normalized spacial score (nSPS) is 14.2. The Morgan fingerprint density at radius 3 is 0.989 bits per heavy atom. The van der Waals surface area contributed by atoms with Crippen molar-refractivity contribution in [1.82, 2.24) is 5.32 Å². The minimum atomic E-state index is -4.36. The molecule has 0 bridgehead atoms. The van der Waals surface area contributed by atoms with Crippen molar-refractivity contribution in [2.75, 3.05) is 40.9 Å². The van der Waals surface area contributed by atoms with E-state index in [0.717, 1.165) is 89.9 Å². The first kappa shape index (κ1) is 86.2. The molecule has 9 heteroatoms. The molecule has 0 aliphatic carbocycles. The fourth-order valence-electron chi connectivity index (χ4n) is 10.9. The average molecular weight is 1260 g/mol. The number of allylic oxidation sites excluding steroid dienone is 17. The zero-order chi connectivity index (χ0) is 64.8. The minimum absolute atomic E-state index is 0.0578. The third-order valence-electron chi connectivity index (χ3n) is 16.7. The van der Waals surface area contributed by atoms with Gasteiger partial charge in [-0.1, -0.05) is 361 Å². The number of aliphatic hydroxyl groups excluding tert-OH is 1. The number of phosphoric ester groups is 1. The van der Waals surface area contributed by atoms with E-state index in [4.69, 9.17) is 9.05 Å². The number of carbonyl (C=O) groups excluding carboxylic acids is 1. The van der Waals surface area contributed by atoms with Gasteiger partial charge in [0.1, 0.15) is 13.2 Å². The van der Waals surface area contributed by atoms with Gasteiger partial charge in [0, 0.05) is 6.42 Å². The van der Waals surface area contributed by atoms with Gasteiger partial charge in [-0.25, -0.2) is 4.57 Å². The van der Waals surface area contributed by atoms with Crippen molar-refractivity contribution in [3.05, 3.63) is 109 Å². The number of likely N-dealkylation sites (N-methyl/N-ethyl adjacent to an activating group) is 1. The van der Waals surface area contributed by atoms with Crippen molar-refractivity contribution >= 4 is 13.7 Å². The van der Waals surface area contributed by atoms with E-state index in [-0.39, 0.29) is 19.1 Å². The molecule has 0 spiro atoms. The lowest BCUT2D eigenvalue weighted by molar-refractivity contribution is -0.870. The highest BCUT2D eigenvalue weighted by Gasteiger charge is 2.28. The first-order chi connectivity index (χ1) is 43.5. The topological polar surface area (TPSA) is 105 Å². The molecule has 1 amide bonds.